The Kier molecular flexibility index (Phi) is 3.66. The lowest BCUT2D eigenvalue weighted by atomic mass is 9.78. The van der Waals surface area contributed by atoms with Crippen LogP contribution < -0.4 is 5.73 Å². The van der Waals surface area contributed by atoms with Crippen molar-refractivity contribution >= 4 is 11.6 Å². The Morgan fingerprint density at radius 1 is 1.20 bits per heavy atom. The predicted molar refractivity (Wildman–Crippen MR) is 65.2 cm³/mol. The molecule has 2 atom stereocenters. The summed E-state index contributed by atoms with van der Waals surface area (Å²) in [5.74, 6) is 1.42. The molecule has 1 aliphatic rings. The predicted octanol–water partition coefficient (Wildman–Crippen LogP) is 3.57. The average Bonchev–Trinajstić information content (AvgIpc) is 2.30. The van der Waals surface area contributed by atoms with Gasteiger partial charge in [0.05, 0.1) is 0 Å². The van der Waals surface area contributed by atoms with Gasteiger partial charge in [-0.05, 0) is 55.3 Å². The highest BCUT2D eigenvalue weighted by molar-refractivity contribution is 6.30. The third-order valence-electron chi connectivity index (χ3n) is 3.46. The molecule has 0 saturated heterocycles. The zero-order valence-electron chi connectivity index (χ0n) is 8.95. The van der Waals surface area contributed by atoms with E-state index in [2.05, 4.69) is 12.1 Å². The lowest BCUT2D eigenvalue weighted by Gasteiger charge is -2.28. The maximum Gasteiger partial charge on any atom is 0.0406 e. The van der Waals surface area contributed by atoms with Crippen LogP contribution in [0.1, 0.15) is 37.2 Å². The van der Waals surface area contributed by atoms with Crippen molar-refractivity contribution in [3.8, 4) is 0 Å². The number of hydrogen-bond acceptors (Lipinski definition) is 1. The number of nitrogens with two attached hydrogens (primary N) is 1. The molecule has 1 aliphatic carbocycles. The van der Waals surface area contributed by atoms with Crippen LogP contribution >= 0.6 is 11.6 Å². The van der Waals surface area contributed by atoms with Crippen molar-refractivity contribution in [2.24, 2.45) is 11.7 Å². The largest absolute Gasteiger partial charge is 0.330 e. The first-order valence-corrected chi connectivity index (χ1v) is 6.13. The molecule has 15 heavy (non-hydrogen) atoms. The van der Waals surface area contributed by atoms with Crippen LogP contribution in [0.15, 0.2) is 24.3 Å². The minimum atomic E-state index is 0.699. The minimum Gasteiger partial charge on any atom is -0.330 e. The van der Waals surface area contributed by atoms with Gasteiger partial charge in [0, 0.05) is 5.02 Å². The zero-order chi connectivity index (χ0) is 10.7. The van der Waals surface area contributed by atoms with E-state index in [9.17, 15) is 0 Å². The van der Waals surface area contributed by atoms with Gasteiger partial charge in [-0.3, -0.25) is 0 Å². The molecule has 1 aromatic rings. The normalized spacial score (nSPS) is 26.5. The Morgan fingerprint density at radius 2 is 1.93 bits per heavy atom. The van der Waals surface area contributed by atoms with E-state index in [1.54, 1.807) is 0 Å². The minimum absolute atomic E-state index is 0.699. The summed E-state index contributed by atoms with van der Waals surface area (Å²) in [6.07, 6.45) is 5.17. The fourth-order valence-electron chi connectivity index (χ4n) is 2.54. The summed E-state index contributed by atoms with van der Waals surface area (Å²) >= 11 is 5.89. The highest BCUT2D eigenvalue weighted by Crippen LogP contribution is 2.35. The molecule has 0 radical (unpaired) electrons. The summed E-state index contributed by atoms with van der Waals surface area (Å²) in [4.78, 5) is 0. The van der Waals surface area contributed by atoms with E-state index in [-0.39, 0.29) is 0 Å². The van der Waals surface area contributed by atoms with E-state index >= 15 is 0 Å². The van der Waals surface area contributed by atoms with Crippen molar-refractivity contribution in [2.75, 3.05) is 6.54 Å². The van der Waals surface area contributed by atoms with Gasteiger partial charge < -0.3 is 5.73 Å². The number of rotatable bonds is 2. The molecular weight excluding hydrogens is 206 g/mol. The summed E-state index contributed by atoms with van der Waals surface area (Å²) in [7, 11) is 0. The van der Waals surface area contributed by atoms with Gasteiger partial charge in [0.25, 0.3) is 0 Å². The first kappa shape index (κ1) is 11.0. The van der Waals surface area contributed by atoms with E-state index in [4.69, 9.17) is 17.3 Å². The summed E-state index contributed by atoms with van der Waals surface area (Å²) in [5.41, 5.74) is 7.17. The van der Waals surface area contributed by atoms with Crippen LogP contribution in [0, 0.1) is 5.92 Å². The lowest BCUT2D eigenvalue weighted by Crippen LogP contribution is -2.21. The Balaban J connectivity index is 2.06. The van der Waals surface area contributed by atoms with Gasteiger partial charge in [0.15, 0.2) is 0 Å². The highest BCUT2D eigenvalue weighted by Gasteiger charge is 2.21. The van der Waals surface area contributed by atoms with E-state index in [1.807, 2.05) is 12.1 Å². The van der Waals surface area contributed by atoms with Crippen LogP contribution in [0.4, 0.5) is 0 Å². The Hall–Kier alpha value is -0.530. The quantitative estimate of drug-likeness (QED) is 0.815. The van der Waals surface area contributed by atoms with Gasteiger partial charge in [-0.2, -0.15) is 0 Å². The second-order valence-corrected chi connectivity index (χ2v) is 4.95. The smallest absolute Gasteiger partial charge is 0.0406 e. The molecular formula is C13H18ClN. The third-order valence-corrected chi connectivity index (χ3v) is 3.71. The summed E-state index contributed by atoms with van der Waals surface area (Å²) in [6, 6.07) is 8.30. The van der Waals surface area contributed by atoms with Crippen LogP contribution in [-0.2, 0) is 0 Å². The van der Waals surface area contributed by atoms with Crippen molar-refractivity contribution < 1.29 is 0 Å². The van der Waals surface area contributed by atoms with Gasteiger partial charge in [0.2, 0.25) is 0 Å². The van der Waals surface area contributed by atoms with Gasteiger partial charge in [-0.1, -0.05) is 30.2 Å². The van der Waals surface area contributed by atoms with Crippen molar-refractivity contribution in [3.63, 3.8) is 0 Å². The average molecular weight is 224 g/mol. The SMILES string of the molecule is NCC1CCCC(c2ccc(Cl)cc2)C1. The van der Waals surface area contributed by atoms with Crippen LogP contribution in [0.3, 0.4) is 0 Å². The first-order valence-electron chi connectivity index (χ1n) is 5.75. The van der Waals surface area contributed by atoms with Crippen molar-refractivity contribution in [1.82, 2.24) is 0 Å². The van der Waals surface area contributed by atoms with Crippen LogP contribution in [0.25, 0.3) is 0 Å². The molecule has 2 heteroatoms. The van der Waals surface area contributed by atoms with Crippen LogP contribution in [0.5, 0.6) is 0 Å². The van der Waals surface area contributed by atoms with E-state index in [0.29, 0.717) is 5.92 Å². The second kappa shape index (κ2) is 5.00. The standard InChI is InChI=1S/C13H18ClN/c14-13-6-4-11(5-7-13)12-3-1-2-10(8-12)9-15/h4-7,10,12H,1-3,8-9,15H2. The topological polar surface area (TPSA) is 26.0 Å². The van der Waals surface area contributed by atoms with E-state index in [0.717, 1.165) is 17.5 Å². The molecule has 1 nitrogen and oxygen atoms in total. The lowest BCUT2D eigenvalue weighted by molar-refractivity contribution is 0.329. The Bertz CT molecular complexity index is 307. The van der Waals surface area contributed by atoms with Crippen LogP contribution in [0.2, 0.25) is 5.02 Å². The molecule has 1 saturated carbocycles. The molecule has 2 N–H and O–H groups in total. The highest BCUT2D eigenvalue weighted by atomic mass is 35.5. The number of halogens is 1. The Labute approximate surface area is 96.6 Å². The maximum atomic E-state index is 5.89. The van der Waals surface area contributed by atoms with Gasteiger partial charge in [-0.25, -0.2) is 0 Å². The molecule has 0 aliphatic heterocycles. The first-order chi connectivity index (χ1) is 7.29. The molecule has 2 rings (SSSR count). The van der Waals surface area contributed by atoms with Crippen molar-refractivity contribution in [3.05, 3.63) is 34.9 Å². The Morgan fingerprint density at radius 3 is 2.60 bits per heavy atom. The monoisotopic (exact) mass is 223 g/mol. The molecule has 0 heterocycles. The molecule has 1 aromatic carbocycles. The summed E-state index contributed by atoms with van der Waals surface area (Å²) < 4.78 is 0. The molecule has 1 fully saturated rings. The van der Waals surface area contributed by atoms with Gasteiger partial charge in [-0.15, -0.1) is 0 Å². The van der Waals surface area contributed by atoms with E-state index < -0.39 is 0 Å². The maximum absolute atomic E-state index is 5.89. The molecule has 82 valence electrons. The second-order valence-electron chi connectivity index (χ2n) is 4.52. The fourth-order valence-corrected chi connectivity index (χ4v) is 2.67. The number of benzene rings is 1. The van der Waals surface area contributed by atoms with Gasteiger partial charge >= 0.3 is 0 Å². The van der Waals surface area contributed by atoms with Crippen molar-refractivity contribution in [1.29, 1.82) is 0 Å². The molecule has 0 amide bonds. The summed E-state index contributed by atoms with van der Waals surface area (Å²) in [5, 5.41) is 0.824. The number of hydrogen-bond donors (Lipinski definition) is 1. The van der Waals surface area contributed by atoms with E-state index in [1.165, 1.54) is 31.2 Å². The summed E-state index contributed by atoms with van der Waals surface area (Å²) in [6.45, 7) is 0.837. The molecule has 0 bridgehead atoms. The fraction of sp³-hybridized carbons (Fsp3) is 0.538. The van der Waals surface area contributed by atoms with Crippen molar-refractivity contribution in [2.45, 2.75) is 31.6 Å². The van der Waals surface area contributed by atoms with Gasteiger partial charge in [0.1, 0.15) is 0 Å². The van der Waals surface area contributed by atoms with Crippen LogP contribution in [-0.4, -0.2) is 6.54 Å². The zero-order valence-corrected chi connectivity index (χ0v) is 9.71. The molecule has 0 aromatic heterocycles. The molecule has 0 spiro atoms. The molecule has 2 unspecified atom stereocenters. The third kappa shape index (κ3) is 2.73.